The van der Waals surface area contributed by atoms with Gasteiger partial charge in [-0.2, -0.15) is 0 Å². The first-order chi connectivity index (χ1) is 14.8. The number of carbonyl (C=O) groups is 1. The van der Waals surface area contributed by atoms with Crippen molar-refractivity contribution in [3.8, 4) is 11.3 Å². The van der Waals surface area contributed by atoms with Gasteiger partial charge >= 0.3 is 0 Å². The number of ether oxygens (including phenoxy) is 1. The van der Waals surface area contributed by atoms with E-state index in [2.05, 4.69) is 15.2 Å². The summed E-state index contributed by atoms with van der Waals surface area (Å²) >= 11 is 0. The van der Waals surface area contributed by atoms with Gasteiger partial charge in [0.15, 0.2) is 0 Å². The van der Waals surface area contributed by atoms with E-state index in [1.165, 1.54) is 0 Å². The number of morpholine rings is 1. The highest BCUT2D eigenvalue weighted by molar-refractivity contribution is 6.04. The van der Waals surface area contributed by atoms with Crippen LogP contribution in [0.3, 0.4) is 0 Å². The van der Waals surface area contributed by atoms with Crippen molar-refractivity contribution >= 4 is 22.9 Å². The molecule has 6 nitrogen and oxygen atoms in total. The Morgan fingerprint density at radius 2 is 1.73 bits per heavy atom. The largest absolute Gasteiger partial charge is 0.378 e. The first-order valence-electron chi connectivity index (χ1n) is 10.0. The third-order valence-corrected chi connectivity index (χ3v) is 5.29. The van der Waals surface area contributed by atoms with Gasteiger partial charge in [0.1, 0.15) is 5.65 Å². The molecule has 1 aliphatic heterocycles. The Morgan fingerprint density at radius 3 is 2.50 bits per heavy atom. The fourth-order valence-corrected chi connectivity index (χ4v) is 3.65. The third-order valence-electron chi connectivity index (χ3n) is 5.29. The van der Waals surface area contributed by atoms with Gasteiger partial charge in [-0.05, 0) is 36.4 Å². The second-order valence-electron chi connectivity index (χ2n) is 7.27. The molecule has 5 rings (SSSR count). The molecule has 0 atom stereocenters. The molecule has 1 amide bonds. The first kappa shape index (κ1) is 18.4. The quantitative estimate of drug-likeness (QED) is 0.563. The third kappa shape index (κ3) is 3.77. The number of imidazole rings is 1. The summed E-state index contributed by atoms with van der Waals surface area (Å²) in [4.78, 5) is 19.7. The molecule has 1 N–H and O–H groups in total. The number of pyridine rings is 1. The van der Waals surface area contributed by atoms with Crippen LogP contribution < -0.4 is 10.2 Å². The Morgan fingerprint density at radius 1 is 0.967 bits per heavy atom. The van der Waals surface area contributed by atoms with E-state index in [-0.39, 0.29) is 5.91 Å². The minimum Gasteiger partial charge on any atom is -0.378 e. The summed E-state index contributed by atoms with van der Waals surface area (Å²) in [5.41, 5.74) is 5.15. The van der Waals surface area contributed by atoms with Crippen LogP contribution in [0, 0.1) is 0 Å². The lowest BCUT2D eigenvalue weighted by atomic mass is 10.2. The monoisotopic (exact) mass is 398 g/mol. The van der Waals surface area contributed by atoms with Crippen LogP contribution in [-0.4, -0.2) is 41.6 Å². The van der Waals surface area contributed by atoms with Gasteiger partial charge in [0.25, 0.3) is 5.91 Å². The molecule has 6 heteroatoms. The zero-order valence-electron chi connectivity index (χ0n) is 16.5. The van der Waals surface area contributed by atoms with Crippen LogP contribution in [-0.2, 0) is 4.74 Å². The fraction of sp³-hybridized carbons (Fsp3) is 0.167. The molecule has 30 heavy (non-hydrogen) atoms. The van der Waals surface area contributed by atoms with Crippen molar-refractivity contribution in [1.82, 2.24) is 9.38 Å². The van der Waals surface area contributed by atoms with Gasteiger partial charge in [-0.3, -0.25) is 4.79 Å². The van der Waals surface area contributed by atoms with Crippen LogP contribution in [0.4, 0.5) is 11.4 Å². The molecule has 0 bridgehead atoms. The van der Waals surface area contributed by atoms with Crippen molar-refractivity contribution in [2.75, 3.05) is 36.5 Å². The average Bonchev–Trinajstić information content (AvgIpc) is 3.24. The zero-order valence-corrected chi connectivity index (χ0v) is 16.5. The normalized spacial score (nSPS) is 14.1. The van der Waals surface area contributed by atoms with E-state index in [0.717, 1.165) is 54.6 Å². The van der Waals surface area contributed by atoms with Gasteiger partial charge in [0.05, 0.1) is 18.9 Å². The van der Waals surface area contributed by atoms with E-state index in [0.29, 0.717) is 5.56 Å². The number of carbonyl (C=O) groups excluding carboxylic acids is 1. The molecule has 0 aliphatic carbocycles. The molecule has 2 aromatic carbocycles. The Labute approximate surface area is 174 Å². The SMILES string of the molecule is O=C(Nc1ccc(N2CCOCC2)cc1)c1ccn2cc(-c3ccccc3)nc2c1. The maximum absolute atomic E-state index is 12.7. The number of hydrogen-bond donors (Lipinski definition) is 1. The molecule has 0 saturated carbocycles. The van der Waals surface area contributed by atoms with Crippen LogP contribution in [0.25, 0.3) is 16.9 Å². The van der Waals surface area contributed by atoms with Gasteiger partial charge in [0.2, 0.25) is 0 Å². The number of amides is 1. The lowest BCUT2D eigenvalue weighted by Crippen LogP contribution is -2.36. The van der Waals surface area contributed by atoms with Crippen LogP contribution in [0.5, 0.6) is 0 Å². The van der Waals surface area contributed by atoms with E-state index >= 15 is 0 Å². The van der Waals surface area contributed by atoms with Gasteiger partial charge in [-0.15, -0.1) is 0 Å². The lowest BCUT2D eigenvalue weighted by molar-refractivity contribution is 0.102. The van der Waals surface area contributed by atoms with Gasteiger partial charge in [0, 0.05) is 48.0 Å². The summed E-state index contributed by atoms with van der Waals surface area (Å²) in [6, 6.07) is 21.6. The Hall–Kier alpha value is -3.64. The highest BCUT2D eigenvalue weighted by Gasteiger charge is 2.12. The summed E-state index contributed by atoms with van der Waals surface area (Å²) in [5, 5.41) is 2.97. The number of aromatic nitrogens is 2. The molecule has 0 radical (unpaired) electrons. The molecule has 1 aliphatic rings. The van der Waals surface area contributed by atoms with E-state index in [1.54, 1.807) is 6.07 Å². The van der Waals surface area contributed by atoms with Crippen molar-refractivity contribution in [1.29, 1.82) is 0 Å². The van der Waals surface area contributed by atoms with E-state index in [4.69, 9.17) is 4.74 Å². The number of benzene rings is 2. The number of rotatable bonds is 4. The van der Waals surface area contributed by atoms with E-state index in [9.17, 15) is 4.79 Å². The Kier molecular flexibility index (Phi) is 4.91. The smallest absolute Gasteiger partial charge is 0.255 e. The van der Waals surface area contributed by atoms with Crippen LogP contribution in [0.2, 0.25) is 0 Å². The summed E-state index contributed by atoms with van der Waals surface area (Å²) in [6.07, 6.45) is 3.84. The first-order valence-corrected chi connectivity index (χ1v) is 10.0. The molecular formula is C24H22N4O2. The Bertz CT molecular complexity index is 1160. The number of hydrogen-bond acceptors (Lipinski definition) is 4. The molecule has 0 unspecified atom stereocenters. The molecule has 150 valence electrons. The van der Waals surface area contributed by atoms with Crippen molar-refractivity contribution in [3.63, 3.8) is 0 Å². The second-order valence-corrected chi connectivity index (χ2v) is 7.27. The number of anilines is 2. The van der Waals surface area contributed by atoms with Gasteiger partial charge < -0.3 is 19.4 Å². The number of fused-ring (bicyclic) bond motifs is 1. The fourth-order valence-electron chi connectivity index (χ4n) is 3.65. The number of nitrogens with one attached hydrogen (secondary N) is 1. The van der Waals surface area contributed by atoms with Crippen LogP contribution >= 0.6 is 0 Å². The predicted molar refractivity (Wildman–Crippen MR) is 118 cm³/mol. The van der Waals surface area contributed by atoms with Crippen molar-refractivity contribution in [2.45, 2.75) is 0 Å². The molecule has 1 saturated heterocycles. The zero-order chi connectivity index (χ0) is 20.3. The maximum atomic E-state index is 12.7. The van der Waals surface area contributed by atoms with Crippen molar-refractivity contribution in [2.24, 2.45) is 0 Å². The van der Waals surface area contributed by atoms with Crippen LogP contribution in [0.15, 0.2) is 79.1 Å². The number of nitrogens with zero attached hydrogens (tertiary/aromatic N) is 3. The molecule has 3 heterocycles. The summed E-state index contributed by atoms with van der Waals surface area (Å²) in [6.45, 7) is 3.28. The molecule has 2 aromatic heterocycles. The molecule has 1 fully saturated rings. The van der Waals surface area contributed by atoms with Gasteiger partial charge in [-0.1, -0.05) is 30.3 Å². The van der Waals surface area contributed by atoms with E-state index < -0.39 is 0 Å². The van der Waals surface area contributed by atoms with E-state index in [1.807, 2.05) is 77.5 Å². The predicted octanol–water partition coefficient (Wildman–Crippen LogP) is 4.09. The molecule has 4 aromatic rings. The van der Waals surface area contributed by atoms with Crippen molar-refractivity contribution < 1.29 is 9.53 Å². The lowest BCUT2D eigenvalue weighted by Gasteiger charge is -2.28. The topological polar surface area (TPSA) is 58.9 Å². The standard InChI is InChI=1S/C24H22N4O2/c29-24(25-20-6-8-21(9-7-20)27-12-14-30-15-13-27)19-10-11-28-17-22(26-23(28)16-19)18-4-2-1-3-5-18/h1-11,16-17H,12-15H2,(H,25,29). The maximum Gasteiger partial charge on any atom is 0.255 e. The average molecular weight is 398 g/mol. The minimum absolute atomic E-state index is 0.152. The second kappa shape index (κ2) is 8.00. The van der Waals surface area contributed by atoms with Crippen LogP contribution in [0.1, 0.15) is 10.4 Å². The summed E-state index contributed by atoms with van der Waals surface area (Å²) in [5.74, 6) is -0.152. The molecule has 0 spiro atoms. The minimum atomic E-state index is -0.152. The highest BCUT2D eigenvalue weighted by Crippen LogP contribution is 2.21. The van der Waals surface area contributed by atoms with Gasteiger partial charge in [-0.25, -0.2) is 4.98 Å². The van der Waals surface area contributed by atoms with Crippen molar-refractivity contribution in [3.05, 3.63) is 84.7 Å². The summed E-state index contributed by atoms with van der Waals surface area (Å²) in [7, 11) is 0. The highest BCUT2D eigenvalue weighted by atomic mass is 16.5. The summed E-state index contributed by atoms with van der Waals surface area (Å²) < 4.78 is 7.32. The Balaban J connectivity index is 1.32. The molecular weight excluding hydrogens is 376 g/mol.